The Kier molecular flexibility index (Phi) is 8.16. The molecule has 0 saturated carbocycles. The molecule has 2 amide bonds. The summed E-state index contributed by atoms with van der Waals surface area (Å²) < 4.78 is 11.7. The maximum atomic E-state index is 13.8. The molecule has 0 radical (unpaired) electrons. The highest BCUT2D eigenvalue weighted by atomic mass is 79.9. The number of nitrogens with zero attached hydrogens (tertiary/aromatic N) is 2. The standard InChI is InChI=1S/C23H33BrN2O6/c1-4-7-10-25(9-5-2)21(29)19-23-14-15(24)18(32-23)16(22(30)31-13-6-3)17(23)20(28)26(19)11-8-12-27/h5-6,15-19,27H,2-4,7-14H2,1H3/t15?,16-,17-,18-,19?,23?/m0/s1. The molecule has 9 heteroatoms. The van der Waals surface area contributed by atoms with Crippen LogP contribution in [0.3, 0.4) is 0 Å². The lowest BCUT2D eigenvalue weighted by Crippen LogP contribution is -2.57. The maximum absolute atomic E-state index is 13.8. The third-order valence-corrected chi connectivity index (χ3v) is 7.48. The molecule has 3 rings (SSSR count). The van der Waals surface area contributed by atoms with Gasteiger partial charge in [-0.2, -0.15) is 0 Å². The molecule has 3 saturated heterocycles. The zero-order valence-electron chi connectivity index (χ0n) is 18.6. The summed E-state index contributed by atoms with van der Waals surface area (Å²) in [6, 6.07) is -0.856. The summed E-state index contributed by atoms with van der Waals surface area (Å²) in [4.78, 5) is 43.4. The molecule has 0 aromatic carbocycles. The molecular weight excluding hydrogens is 480 g/mol. The SMILES string of the molecule is C=CCOC(=O)[C@H]1[C@H]2C(=O)N(CCCO)C(C(=O)N(CC=C)CCCC)C23CC(Br)[C@@H]1O3. The van der Waals surface area contributed by atoms with Crippen molar-refractivity contribution in [1.82, 2.24) is 9.80 Å². The fraction of sp³-hybridized carbons (Fsp3) is 0.696. The van der Waals surface area contributed by atoms with Crippen LogP contribution in [0.2, 0.25) is 0 Å². The number of aliphatic hydroxyl groups excluding tert-OH is 1. The predicted octanol–water partition coefficient (Wildman–Crippen LogP) is 1.66. The third kappa shape index (κ3) is 4.15. The second-order valence-electron chi connectivity index (χ2n) is 8.62. The molecule has 3 aliphatic rings. The minimum atomic E-state index is -1.11. The van der Waals surface area contributed by atoms with Crippen LogP contribution in [0.15, 0.2) is 25.3 Å². The fourth-order valence-corrected chi connectivity index (χ4v) is 6.31. The lowest BCUT2D eigenvalue weighted by atomic mass is 9.70. The predicted molar refractivity (Wildman–Crippen MR) is 122 cm³/mol. The van der Waals surface area contributed by atoms with Crippen molar-refractivity contribution in [1.29, 1.82) is 0 Å². The van der Waals surface area contributed by atoms with Gasteiger partial charge in [0.1, 0.15) is 18.2 Å². The van der Waals surface area contributed by atoms with Crippen LogP contribution in [0.25, 0.3) is 0 Å². The van der Waals surface area contributed by atoms with Crippen LogP contribution in [0.1, 0.15) is 32.6 Å². The van der Waals surface area contributed by atoms with Crippen LogP contribution in [-0.2, 0) is 23.9 Å². The average Bonchev–Trinajstić information content (AvgIpc) is 3.36. The number of halogens is 1. The number of amides is 2. The van der Waals surface area contributed by atoms with E-state index in [1.807, 2.05) is 0 Å². The van der Waals surface area contributed by atoms with Gasteiger partial charge in [0.2, 0.25) is 11.8 Å². The number of carbonyl (C=O) groups is 3. The lowest BCUT2D eigenvalue weighted by molar-refractivity contribution is -0.154. The Morgan fingerprint density at radius 1 is 1.38 bits per heavy atom. The van der Waals surface area contributed by atoms with Gasteiger partial charge >= 0.3 is 5.97 Å². The number of aliphatic hydroxyl groups is 1. The van der Waals surface area contributed by atoms with Crippen molar-refractivity contribution < 1.29 is 29.0 Å². The Hall–Kier alpha value is -1.71. The molecule has 3 aliphatic heterocycles. The van der Waals surface area contributed by atoms with E-state index < -0.39 is 35.6 Å². The van der Waals surface area contributed by atoms with Gasteiger partial charge in [-0.15, -0.1) is 6.58 Å². The highest BCUT2D eigenvalue weighted by molar-refractivity contribution is 9.09. The summed E-state index contributed by atoms with van der Waals surface area (Å²) in [5.41, 5.74) is -1.11. The molecular formula is C23H33BrN2O6. The van der Waals surface area contributed by atoms with Crippen LogP contribution in [0, 0.1) is 11.8 Å². The first-order valence-corrected chi connectivity index (χ1v) is 12.2. The largest absolute Gasteiger partial charge is 0.461 e. The number of rotatable bonds is 12. The first-order valence-electron chi connectivity index (χ1n) is 11.3. The van der Waals surface area contributed by atoms with E-state index in [2.05, 4.69) is 36.0 Å². The number of hydrogen-bond donors (Lipinski definition) is 1. The van der Waals surface area contributed by atoms with Gasteiger partial charge < -0.3 is 24.4 Å². The molecule has 3 heterocycles. The Morgan fingerprint density at radius 3 is 2.75 bits per heavy atom. The van der Waals surface area contributed by atoms with Crippen LogP contribution < -0.4 is 0 Å². The second kappa shape index (κ2) is 10.5. The van der Waals surface area contributed by atoms with Gasteiger partial charge in [-0.3, -0.25) is 14.4 Å². The number of unbranched alkanes of at least 4 members (excludes halogenated alkanes) is 1. The number of esters is 1. The quantitative estimate of drug-likeness (QED) is 0.242. The van der Waals surface area contributed by atoms with Crippen LogP contribution in [0.5, 0.6) is 0 Å². The number of ether oxygens (including phenoxy) is 2. The van der Waals surface area contributed by atoms with Gasteiger partial charge in [0.25, 0.3) is 0 Å². The summed E-state index contributed by atoms with van der Waals surface area (Å²) in [5, 5.41) is 9.39. The molecule has 0 aromatic rings. The van der Waals surface area contributed by atoms with Crippen molar-refractivity contribution in [3.8, 4) is 0 Å². The summed E-state index contributed by atoms with van der Waals surface area (Å²) in [5.74, 6) is -2.58. The normalized spacial score (nSPS) is 32.7. The van der Waals surface area contributed by atoms with Gasteiger partial charge in [0, 0.05) is 31.1 Å². The molecule has 6 atom stereocenters. The fourth-order valence-electron chi connectivity index (χ4n) is 5.37. The molecule has 178 valence electrons. The summed E-state index contributed by atoms with van der Waals surface area (Å²) >= 11 is 3.62. The highest BCUT2D eigenvalue weighted by Crippen LogP contribution is 2.60. The van der Waals surface area contributed by atoms with Gasteiger partial charge in [0.15, 0.2) is 0 Å². The topological polar surface area (TPSA) is 96.4 Å². The minimum Gasteiger partial charge on any atom is -0.461 e. The number of fused-ring (bicyclic) bond motifs is 1. The van der Waals surface area contributed by atoms with E-state index in [0.717, 1.165) is 12.8 Å². The highest BCUT2D eigenvalue weighted by Gasteiger charge is 2.77. The number of likely N-dealkylation sites (tertiary alicyclic amines) is 1. The van der Waals surface area contributed by atoms with Crippen LogP contribution in [0.4, 0.5) is 0 Å². The molecule has 0 aromatic heterocycles. The van der Waals surface area contributed by atoms with Crippen molar-refractivity contribution in [2.45, 2.75) is 55.2 Å². The number of carbonyl (C=O) groups excluding carboxylic acids is 3. The van der Waals surface area contributed by atoms with E-state index in [1.54, 1.807) is 11.0 Å². The van der Waals surface area contributed by atoms with Gasteiger partial charge in [0.05, 0.1) is 17.9 Å². The van der Waals surface area contributed by atoms with Crippen molar-refractivity contribution in [2.75, 3.05) is 32.8 Å². The minimum absolute atomic E-state index is 0.0453. The molecule has 3 fully saturated rings. The zero-order valence-corrected chi connectivity index (χ0v) is 20.2. The van der Waals surface area contributed by atoms with E-state index in [-0.39, 0.29) is 36.4 Å². The monoisotopic (exact) mass is 512 g/mol. The lowest BCUT2D eigenvalue weighted by Gasteiger charge is -2.37. The van der Waals surface area contributed by atoms with Crippen LogP contribution in [-0.4, -0.2) is 88.1 Å². The van der Waals surface area contributed by atoms with Crippen LogP contribution >= 0.6 is 15.9 Å². The van der Waals surface area contributed by atoms with E-state index in [0.29, 0.717) is 25.9 Å². The first-order chi connectivity index (χ1) is 15.4. The van der Waals surface area contributed by atoms with Gasteiger partial charge in [-0.25, -0.2) is 0 Å². The number of alkyl halides is 1. The first kappa shape index (κ1) is 24.9. The molecule has 1 N–H and O–H groups in total. The Labute approximate surface area is 197 Å². The molecule has 1 spiro atoms. The Balaban J connectivity index is 2.00. The van der Waals surface area contributed by atoms with Crippen molar-refractivity contribution >= 4 is 33.7 Å². The Bertz CT molecular complexity index is 761. The second-order valence-corrected chi connectivity index (χ2v) is 9.79. The van der Waals surface area contributed by atoms with Gasteiger partial charge in [-0.05, 0) is 19.3 Å². The average molecular weight is 513 g/mol. The summed E-state index contributed by atoms with van der Waals surface area (Å²) in [7, 11) is 0. The smallest absolute Gasteiger partial charge is 0.312 e. The molecule has 2 bridgehead atoms. The molecule has 32 heavy (non-hydrogen) atoms. The molecule has 8 nitrogen and oxygen atoms in total. The van der Waals surface area contributed by atoms with E-state index in [9.17, 15) is 19.5 Å². The van der Waals surface area contributed by atoms with Crippen molar-refractivity contribution in [3.05, 3.63) is 25.3 Å². The van der Waals surface area contributed by atoms with E-state index in [1.165, 1.54) is 11.0 Å². The maximum Gasteiger partial charge on any atom is 0.312 e. The van der Waals surface area contributed by atoms with Crippen molar-refractivity contribution in [3.63, 3.8) is 0 Å². The number of hydrogen-bond acceptors (Lipinski definition) is 6. The molecule has 0 aliphatic carbocycles. The van der Waals surface area contributed by atoms with Crippen molar-refractivity contribution in [2.24, 2.45) is 11.8 Å². The van der Waals surface area contributed by atoms with E-state index in [4.69, 9.17) is 9.47 Å². The third-order valence-electron chi connectivity index (χ3n) is 6.64. The zero-order chi connectivity index (χ0) is 23.5. The Morgan fingerprint density at radius 2 is 2.12 bits per heavy atom. The summed E-state index contributed by atoms with van der Waals surface area (Å²) in [6.07, 6.45) is 5.14. The molecule has 3 unspecified atom stereocenters. The van der Waals surface area contributed by atoms with Gasteiger partial charge in [-0.1, -0.05) is 48.0 Å². The summed E-state index contributed by atoms with van der Waals surface area (Å²) in [6.45, 7) is 10.5. The van der Waals surface area contributed by atoms with E-state index >= 15 is 0 Å².